The van der Waals surface area contributed by atoms with Gasteiger partial charge in [-0.15, -0.1) is 0 Å². The van der Waals surface area contributed by atoms with Crippen molar-refractivity contribution < 1.29 is 26.9 Å². The van der Waals surface area contributed by atoms with Crippen molar-refractivity contribution in [1.82, 2.24) is 5.16 Å². The molecule has 0 aliphatic carbocycles. The van der Waals surface area contributed by atoms with E-state index in [9.17, 15) is 13.2 Å². The van der Waals surface area contributed by atoms with Crippen LogP contribution < -0.4 is 4.74 Å². The van der Waals surface area contributed by atoms with Crippen molar-refractivity contribution in [3.05, 3.63) is 84.4 Å². The smallest absolute Gasteiger partial charge is 0.251 e. The monoisotopic (exact) mass is 409 g/mol. The number of carbonyl (C=O) groups excluding carboxylic acids is 1. The first-order valence-corrected chi connectivity index (χ1v) is 10.0. The Kier molecular flexibility index (Phi) is 4.77. The van der Waals surface area contributed by atoms with E-state index in [4.69, 9.17) is 13.7 Å². The molecule has 2 heterocycles. The summed E-state index contributed by atoms with van der Waals surface area (Å²) in [4.78, 5) is 12.6. The molecule has 0 radical (unpaired) electrons. The summed E-state index contributed by atoms with van der Waals surface area (Å²) in [5.74, 6) is -0.170. The van der Waals surface area contributed by atoms with Gasteiger partial charge in [-0.2, -0.15) is 0 Å². The minimum atomic E-state index is -4.11. The van der Waals surface area contributed by atoms with Crippen LogP contribution in [0.5, 0.6) is 5.75 Å². The van der Waals surface area contributed by atoms with Crippen LogP contribution in [-0.4, -0.2) is 26.5 Å². The van der Waals surface area contributed by atoms with E-state index in [1.54, 1.807) is 42.5 Å². The number of benzene rings is 2. The Labute approximate surface area is 166 Å². The summed E-state index contributed by atoms with van der Waals surface area (Å²) in [5.41, 5.74) is 0.0981. The average Bonchev–Trinajstić information content (AvgIpc) is 3.44. The molecule has 2 aromatic carbocycles. The minimum Gasteiger partial charge on any atom is -0.497 e. The van der Waals surface area contributed by atoms with Crippen LogP contribution in [0.15, 0.2) is 91.7 Å². The molecule has 4 rings (SSSR count). The topological polar surface area (TPSA) is 99.6 Å². The second-order valence-electron chi connectivity index (χ2n) is 6.04. The molecule has 0 spiro atoms. The number of rotatable bonds is 6. The quantitative estimate of drug-likeness (QED) is 0.444. The summed E-state index contributed by atoms with van der Waals surface area (Å²) in [6.07, 6.45) is 1.32. The first-order chi connectivity index (χ1) is 14.0. The molecule has 0 aliphatic rings. The van der Waals surface area contributed by atoms with Crippen LogP contribution >= 0.6 is 0 Å². The summed E-state index contributed by atoms with van der Waals surface area (Å²) >= 11 is 0. The molecule has 4 aromatic rings. The van der Waals surface area contributed by atoms with Gasteiger partial charge in [0.05, 0.1) is 18.3 Å². The zero-order chi connectivity index (χ0) is 20.4. The van der Waals surface area contributed by atoms with Gasteiger partial charge < -0.3 is 13.7 Å². The molecule has 8 heteroatoms. The van der Waals surface area contributed by atoms with Gasteiger partial charge in [0, 0.05) is 5.56 Å². The van der Waals surface area contributed by atoms with Gasteiger partial charge in [0.1, 0.15) is 5.75 Å². The number of hydrogen-bond donors (Lipinski definition) is 0. The second kappa shape index (κ2) is 7.40. The van der Waals surface area contributed by atoms with Crippen LogP contribution in [0.2, 0.25) is 0 Å². The molecule has 2 aromatic heterocycles. The van der Waals surface area contributed by atoms with Crippen LogP contribution in [0, 0.1) is 0 Å². The van der Waals surface area contributed by atoms with Gasteiger partial charge in [-0.3, -0.25) is 4.79 Å². The lowest BCUT2D eigenvalue weighted by atomic mass is 10.1. The van der Waals surface area contributed by atoms with E-state index in [0.717, 1.165) is 0 Å². The maximum absolute atomic E-state index is 13.4. The highest BCUT2D eigenvalue weighted by Crippen LogP contribution is 2.35. The summed E-state index contributed by atoms with van der Waals surface area (Å²) in [6, 6.07) is 17.3. The van der Waals surface area contributed by atoms with Gasteiger partial charge in [-0.05, 0) is 48.5 Å². The van der Waals surface area contributed by atoms with Crippen molar-refractivity contribution in [2.45, 2.75) is 9.79 Å². The number of ether oxygens (including phenoxy) is 1. The fourth-order valence-corrected chi connectivity index (χ4v) is 4.38. The summed E-state index contributed by atoms with van der Waals surface area (Å²) in [7, 11) is -2.58. The molecule has 0 fully saturated rings. The molecule has 0 amide bonds. The van der Waals surface area contributed by atoms with Crippen molar-refractivity contribution in [2.75, 3.05) is 7.11 Å². The Balaban J connectivity index is 1.94. The Bertz CT molecular complexity index is 1240. The molecule has 146 valence electrons. The third-order valence-electron chi connectivity index (χ3n) is 4.28. The third kappa shape index (κ3) is 3.34. The largest absolute Gasteiger partial charge is 0.497 e. The number of carbonyl (C=O) groups is 1. The number of sulfone groups is 1. The Morgan fingerprint density at radius 3 is 2.31 bits per heavy atom. The first kappa shape index (κ1) is 18.7. The molecule has 29 heavy (non-hydrogen) atoms. The van der Waals surface area contributed by atoms with E-state index in [0.29, 0.717) is 11.3 Å². The van der Waals surface area contributed by atoms with Crippen LogP contribution in [0.4, 0.5) is 0 Å². The fourth-order valence-electron chi connectivity index (χ4n) is 2.84. The zero-order valence-electron chi connectivity index (χ0n) is 15.2. The average molecular weight is 409 g/mol. The molecule has 0 atom stereocenters. The highest BCUT2D eigenvalue weighted by molar-refractivity contribution is 7.91. The molecule has 0 saturated carbocycles. The predicted octanol–water partition coefficient (Wildman–Crippen LogP) is 4.01. The van der Waals surface area contributed by atoms with Gasteiger partial charge in [0.2, 0.25) is 9.84 Å². The maximum Gasteiger partial charge on any atom is 0.251 e. The van der Waals surface area contributed by atoms with Gasteiger partial charge in [0.25, 0.3) is 5.78 Å². The number of ketones is 1. The van der Waals surface area contributed by atoms with Crippen molar-refractivity contribution in [3.8, 4) is 17.1 Å². The van der Waals surface area contributed by atoms with Crippen molar-refractivity contribution in [3.63, 3.8) is 0 Å². The molecule has 7 nitrogen and oxygen atoms in total. The fraction of sp³-hybridized carbons (Fsp3) is 0.0476. The van der Waals surface area contributed by atoms with E-state index in [1.165, 1.54) is 37.6 Å². The third-order valence-corrected chi connectivity index (χ3v) is 6.09. The van der Waals surface area contributed by atoms with E-state index in [2.05, 4.69) is 5.16 Å². The van der Waals surface area contributed by atoms with E-state index in [1.807, 2.05) is 0 Å². The molecule has 0 N–H and O–H groups in total. The van der Waals surface area contributed by atoms with E-state index in [-0.39, 0.29) is 27.0 Å². The second-order valence-corrected chi connectivity index (χ2v) is 7.93. The number of aromatic nitrogens is 1. The van der Waals surface area contributed by atoms with E-state index >= 15 is 0 Å². The van der Waals surface area contributed by atoms with Gasteiger partial charge in [-0.1, -0.05) is 23.4 Å². The first-order valence-electron chi connectivity index (χ1n) is 8.55. The Morgan fingerprint density at radius 2 is 1.69 bits per heavy atom. The zero-order valence-corrected chi connectivity index (χ0v) is 16.0. The normalized spacial score (nSPS) is 11.3. The standard InChI is InChI=1S/C21H15NO6S/c1-26-15-11-9-14(10-12-15)20-21(29(24,25)16-6-3-2-4-7-16)18(22-28-20)19(23)17-8-5-13-27-17/h2-13H,1H3. The van der Waals surface area contributed by atoms with Gasteiger partial charge >= 0.3 is 0 Å². The summed E-state index contributed by atoms with van der Waals surface area (Å²) < 4.78 is 42.4. The maximum atomic E-state index is 13.4. The highest BCUT2D eigenvalue weighted by Gasteiger charge is 2.35. The molecule has 0 saturated heterocycles. The summed E-state index contributed by atoms with van der Waals surface area (Å²) in [5, 5.41) is 3.79. The van der Waals surface area contributed by atoms with Crippen molar-refractivity contribution in [2.24, 2.45) is 0 Å². The lowest BCUT2D eigenvalue weighted by Crippen LogP contribution is -2.10. The lowest BCUT2D eigenvalue weighted by Gasteiger charge is -2.06. The number of nitrogens with zero attached hydrogens (tertiary/aromatic N) is 1. The van der Waals surface area contributed by atoms with Crippen molar-refractivity contribution in [1.29, 1.82) is 0 Å². The predicted molar refractivity (Wildman–Crippen MR) is 103 cm³/mol. The SMILES string of the molecule is COc1ccc(-c2onc(C(=O)c3ccco3)c2S(=O)(=O)c2ccccc2)cc1. The minimum absolute atomic E-state index is 0.0199. The number of methoxy groups -OCH3 is 1. The molecular weight excluding hydrogens is 394 g/mol. The van der Waals surface area contributed by atoms with Gasteiger partial charge in [-0.25, -0.2) is 8.42 Å². The number of hydrogen-bond acceptors (Lipinski definition) is 7. The highest BCUT2D eigenvalue weighted by atomic mass is 32.2. The van der Waals surface area contributed by atoms with Gasteiger partial charge in [0.15, 0.2) is 22.1 Å². The molecule has 0 aliphatic heterocycles. The Hall–Kier alpha value is -3.65. The number of furan rings is 1. The van der Waals surface area contributed by atoms with Crippen molar-refractivity contribution >= 4 is 15.6 Å². The molecule has 0 unspecified atom stereocenters. The van der Waals surface area contributed by atoms with Crippen LogP contribution in [0.25, 0.3) is 11.3 Å². The lowest BCUT2D eigenvalue weighted by molar-refractivity contribution is 0.0998. The molecule has 0 bridgehead atoms. The van der Waals surface area contributed by atoms with Crippen LogP contribution in [0.3, 0.4) is 0 Å². The van der Waals surface area contributed by atoms with Crippen LogP contribution in [0.1, 0.15) is 16.2 Å². The van der Waals surface area contributed by atoms with Crippen LogP contribution in [-0.2, 0) is 9.84 Å². The summed E-state index contributed by atoms with van der Waals surface area (Å²) in [6.45, 7) is 0. The molecular formula is C21H15NO6S. The van der Waals surface area contributed by atoms with E-state index < -0.39 is 15.6 Å². The Morgan fingerprint density at radius 1 is 0.966 bits per heavy atom.